The number of benzene rings is 1. The summed E-state index contributed by atoms with van der Waals surface area (Å²) in [5.74, 6) is 2.02. The first-order valence-corrected chi connectivity index (χ1v) is 10.1. The van der Waals surface area contributed by atoms with Gasteiger partial charge in [0, 0.05) is 17.2 Å². The fourth-order valence-corrected chi connectivity index (χ4v) is 5.41. The van der Waals surface area contributed by atoms with Gasteiger partial charge in [-0.2, -0.15) is 0 Å². The monoisotopic (exact) mass is 354 g/mol. The van der Waals surface area contributed by atoms with Crippen molar-refractivity contribution in [1.29, 1.82) is 0 Å². The summed E-state index contributed by atoms with van der Waals surface area (Å²) in [5.41, 5.74) is 7.36. The Morgan fingerprint density at radius 3 is 2.33 bits per heavy atom. The van der Waals surface area contributed by atoms with Crippen LogP contribution in [0.15, 0.2) is 60.7 Å². The van der Waals surface area contributed by atoms with Crippen LogP contribution < -0.4 is 0 Å². The number of pyridine rings is 2. The molecule has 136 valence electrons. The molecule has 3 aromatic rings. The molecule has 2 nitrogen and oxygen atoms in total. The molecular formula is C25H26N2. The van der Waals surface area contributed by atoms with Gasteiger partial charge >= 0.3 is 0 Å². The highest BCUT2D eigenvalue weighted by molar-refractivity contribution is 5.64. The van der Waals surface area contributed by atoms with Crippen LogP contribution in [0, 0.1) is 11.3 Å². The Bertz CT molecular complexity index is 990. The molecule has 0 aliphatic heterocycles. The number of aromatic nitrogens is 2. The summed E-state index contributed by atoms with van der Waals surface area (Å²) in [4.78, 5) is 10.1. The topological polar surface area (TPSA) is 25.8 Å². The van der Waals surface area contributed by atoms with E-state index in [2.05, 4.69) is 75.4 Å². The first-order chi connectivity index (χ1) is 13.1. The van der Waals surface area contributed by atoms with E-state index in [9.17, 15) is 0 Å². The van der Waals surface area contributed by atoms with Crippen LogP contribution in [0.1, 0.15) is 56.7 Å². The van der Waals surface area contributed by atoms with Gasteiger partial charge in [-0.1, -0.05) is 63.2 Å². The second-order valence-corrected chi connectivity index (χ2v) is 8.68. The summed E-state index contributed by atoms with van der Waals surface area (Å²) in [6, 6.07) is 21.1. The minimum absolute atomic E-state index is 0.419. The van der Waals surface area contributed by atoms with Crippen LogP contribution in [-0.4, -0.2) is 9.97 Å². The standard InChI is InChI=1S/C25H26N2/c1-4-17-19-15-20(25(19,2)3)18-13-14-23(27-24(17)18)22-12-8-11-21(26-22)16-9-6-5-7-10-16/h5-14,17,19-20H,4,15H2,1-3H3/t17-,19+,20-/m0/s1. The first-order valence-electron chi connectivity index (χ1n) is 10.1. The van der Waals surface area contributed by atoms with Crippen LogP contribution in [-0.2, 0) is 0 Å². The zero-order valence-corrected chi connectivity index (χ0v) is 16.3. The smallest absolute Gasteiger partial charge is 0.0893 e. The van der Waals surface area contributed by atoms with Gasteiger partial charge in [0.1, 0.15) is 0 Å². The number of nitrogens with zero attached hydrogens (tertiary/aromatic N) is 2. The molecule has 3 atom stereocenters. The molecule has 3 aliphatic rings. The number of hydrogen-bond donors (Lipinski definition) is 0. The molecule has 3 aliphatic carbocycles. The zero-order chi connectivity index (χ0) is 18.6. The molecule has 2 bridgehead atoms. The minimum Gasteiger partial charge on any atom is -0.251 e. The third kappa shape index (κ3) is 2.46. The van der Waals surface area contributed by atoms with Gasteiger partial charge in [-0.25, -0.2) is 4.98 Å². The van der Waals surface area contributed by atoms with Gasteiger partial charge in [-0.05, 0) is 53.9 Å². The summed E-state index contributed by atoms with van der Waals surface area (Å²) in [7, 11) is 0. The van der Waals surface area contributed by atoms with Crippen LogP contribution >= 0.6 is 0 Å². The predicted molar refractivity (Wildman–Crippen MR) is 111 cm³/mol. The van der Waals surface area contributed by atoms with Crippen LogP contribution in [0.3, 0.4) is 0 Å². The summed E-state index contributed by atoms with van der Waals surface area (Å²) in [6.45, 7) is 7.19. The van der Waals surface area contributed by atoms with E-state index in [1.807, 2.05) is 6.07 Å². The molecule has 1 saturated carbocycles. The summed E-state index contributed by atoms with van der Waals surface area (Å²) in [5, 5.41) is 0. The number of rotatable bonds is 3. The van der Waals surface area contributed by atoms with Crippen LogP contribution in [0.2, 0.25) is 0 Å². The highest BCUT2D eigenvalue weighted by atomic mass is 14.8. The molecule has 1 aromatic carbocycles. The Morgan fingerprint density at radius 1 is 0.852 bits per heavy atom. The Balaban J connectivity index is 1.57. The molecule has 6 rings (SSSR count). The third-order valence-corrected chi connectivity index (χ3v) is 7.03. The molecule has 2 heteroatoms. The fourth-order valence-electron chi connectivity index (χ4n) is 5.41. The molecule has 2 heterocycles. The maximum atomic E-state index is 5.15. The Hall–Kier alpha value is -2.48. The van der Waals surface area contributed by atoms with Crippen LogP contribution in [0.25, 0.3) is 22.6 Å². The average molecular weight is 354 g/mol. The van der Waals surface area contributed by atoms with Gasteiger partial charge in [-0.15, -0.1) is 0 Å². The van der Waals surface area contributed by atoms with Crippen molar-refractivity contribution in [2.75, 3.05) is 0 Å². The normalized spacial score (nSPS) is 24.8. The van der Waals surface area contributed by atoms with Crippen molar-refractivity contribution in [1.82, 2.24) is 9.97 Å². The summed E-state index contributed by atoms with van der Waals surface area (Å²) in [6.07, 6.45) is 2.50. The molecule has 0 saturated heterocycles. The van der Waals surface area contributed by atoms with Crippen molar-refractivity contribution >= 4 is 0 Å². The van der Waals surface area contributed by atoms with E-state index in [1.165, 1.54) is 24.1 Å². The van der Waals surface area contributed by atoms with E-state index < -0.39 is 0 Å². The molecule has 1 fully saturated rings. The number of hydrogen-bond acceptors (Lipinski definition) is 2. The van der Waals surface area contributed by atoms with Crippen molar-refractivity contribution in [2.24, 2.45) is 11.3 Å². The van der Waals surface area contributed by atoms with Gasteiger partial charge in [0.05, 0.1) is 17.1 Å². The lowest BCUT2D eigenvalue weighted by atomic mass is 9.44. The Morgan fingerprint density at radius 2 is 1.59 bits per heavy atom. The van der Waals surface area contributed by atoms with Crippen LogP contribution in [0.5, 0.6) is 0 Å². The Labute approximate surface area is 161 Å². The lowest BCUT2D eigenvalue weighted by Gasteiger charge is -2.60. The third-order valence-electron chi connectivity index (χ3n) is 7.03. The Kier molecular flexibility index (Phi) is 3.72. The van der Waals surface area contributed by atoms with Crippen LogP contribution in [0.4, 0.5) is 0 Å². The molecule has 2 aromatic heterocycles. The fraction of sp³-hybridized carbons (Fsp3) is 0.360. The van der Waals surface area contributed by atoms with Gasteiger partial charge in [0.25, 0.3) is 0 Å². The minimum atomic E-state index is 0.419. The predicted octanol–water partition coefficient (Wildman–Crippen LogP) is 6.45. The quantitative estimate of drug-likeness (QED) is 0.540. The van der Waals surface area contributed by atoms with Crippen molar-refractivity contribution in [3.8, 4) is 22.6 Å². The average Bonchev–Trinajstić information content (AvgIpc) is 2.73. The van der Waals surface area contributed by atoms with Gasteiger partial charge < -0.3 is 0 Å². The molecule has 0 N–H and O–H groups in total. The van der Waals surface area contributed by atoms with Gasteiger partial charge in [0.2, 0.25) is 0 Å². The second kappa shape index (κ2) is 6.02. The molecule has 27 heavy (non-hydrogen) atoms. The van der Waals surface area contributed by atoms with E-state index in [4.69, 9.17) is 9.97 Å². The van der Waals surface area contributed by atoms with Crippen molar-refractivity contribution in [3.63, 3.8) is 0 Å². The van der Waals surface area contributed by atoms with Crippen molar-refractivity contribution in [2.45, 2.75) is 45.4 Å². The lowest BCUT2D eigenvalue weighted by Crippen LogP contribution is -2.50. The van der Waals surface area contributed by atoms with Crippen molar-refractivity contribution < 1.29 is 0 Å². The highest BCUT2D eigenvalue weighted by Gasteiger charge is 2.56. The van der Waals surface area contributed by atoms with Gasteiger partial charge in [-0.3, -0.25) is 4.98 Å². The SMILES string of the molecule is CC[C@@H]1c2nc(-c3cccc(-c4ccccc4)n3)ccc2[C@@H]2C[C@H]1C2(C)C. The van der Waals surface area contributed by atoms with Gasteiger partial charge in [0.15, 0.2) is 0 Å². The summed E-state index contributed by atoms with van der Waals surface area (Å²) < 4.78 is 0. The highest BCUT2D eigenvalue weighted by Crippen LogP contribution is 2.66. The molecule has 0 spiro atoms. The van der Waals surface area contributed by atoms with E-state index in [-0.39, 0.29) is 0 Å². The molecule has 0 unspecified atom stereocenters. The maximum absolute atomic E-state index is 5.15. The lowest BCUT2D eigenvalue weighted by molar-refractivity contribution is -0.00850. The first kappa shape index (κ1) is 16.7. The summed E-state index contributed by atoms with van der Waals surface area (Å²) >= 11 is 0. The molecule has 0 amide bonds. The van der Waals surface area contributed by atoms with Crippen molar-refractivity contribution in [3.05, 3.63) is 71.9 Å². The molecular weight excluding hydrogens is 328 g/mol. The zero-order valence-electron chi connectivity index (χ0n) is 16.3. The van der Waals surface area contributed by atoms with E-state index >= 15 is 0 Å². The maximum Gasteiger partial charge on any atom is 0.0893 e. The van der Waals surface area contributed by atoms with E-state index in [1.54, 1.807) is 0 Å². The van der Waals surface area contributed by atoms with E-state index in [0.29, 0.717) is 17.3 Å². The second-order valence-electron chi connectivity index (χ2n) is 8.68. The molecule has 0 radical (unpaired) electrons. The van der Waals surface area contributed by atoms with E-state index in [0.717, 1.165) is 28.6 Å². The largest absolute Gasteiger partial charge is 0.251 e.